The van der Waals surface area contributed by atoms with Crippen molar-refractivity contribution in [1.82, 2.24) is 14.6 Å². The molecular weight excluding hydrogens is 390 g/mol. The first-order valence-corrected chi connectivity index (χ1v) is 11.1. The van der Waals surface area contributed by atoms with Gasteiger partial charge in [0, 0.05) is 37.6 Å². The Morgan fingerprint density at radius 3 is 2.45 bits per heavy atom. The summed E-state index contributed by atoms with van der Waals surface area (Å²) >= 11 is 0. The van der Waals surface area contributed by atoms with Gasteiger partial charge in [0.25, 0.3) is 5.91 Å². The van der Waals surface area contributed by atoms with Gasteiger partial charge in [0.1, 0.15) is 10.6 Å². The number of carbonyl (C=O) groups is 1. The first-order valence-electron chi connectivity index (χ1n) is 9.66. The molecule has 2 aromatic rings. The number of nitrogens with one attached hydrogen (secondary N) is 1. The minimum Gasteiger partial charge on any atom is -0.495 e. The Morgan fingerprint density at radius 1 is 1.17 bits per heavy atom. The van der Waals surface area contributed by atoms with Crippen molar-refractivity contribution < 1.29 is 17.9 Å². The molecule has 3 rings (SSSR count). The van der Waals surface area contributed by atoms with E-state index in [2.05, 4.69) is 24.1 Å². The molecule has 1 aliphatic rings. The van der Waals surface area contributed by atoms with Crippen LogP contribution in [0.1, 0.15) is 36.2 Å². The number of methoxy groups -OCH3 is 1. The van der Waals surface area contributed by atoms with Crippen molar-refractivity contribution in [2.45, 2.75) is 31.7 Å². The van der Waals surface area contributed by atoms with E-state index in [1.54, 1.807) is 18.5 Å². The molecule has 2 atom stereocenters. The van der Waals surface area contributed by atoms with E-state index in [1.807, 2.05) is 12.1 Å². The van der Waals surface area contributed by atoms with Crippen molar-refractivity contribution in [3.05, 3.63) is 53.9 Å². The van der Waals surface area contributed by atoms with Gasteiger partial charge in [-0.25, -0.2) is 8.42 Å². The number of amides is 1. The molecule has 8 heteroatoms. The van der Waals surface area contributed by atoms with Gasteiger partial charge in [0.05, 0.1) is 7.11 Å². The van der Waals surface area contributed by atoms with Gasteiger partial charge in [-0.2, -0.15) is 4.31 Å². The van der Waals surface area contributed by atoms with E-state index in [0.29, 0.717) is 19.6 Å². The molecule has 156 valence electrons. The number of ether oxygens (including phenoxy) is 1. The maximum Gasteiger partial charge on any atom is 0.251 e. The number of rotatable bonds is 6. The van der Waals surface area contributed by atoms with Gasteiger partial charge in [0.2, 0.25) is 10.0 Å². The Labute approximate surface area is 172 Å². The second kappa shape index (κ2) is 8.92. The molecule has 1 aliphatic heterocycles. The third-order valence-electron chi connectivity index (χ3n) is 5.08. The number of sulfonamides is 1. The molecule has 1 saturated heterocycles. The highest BCUT2D eigenvalue weighted by Crippen LogP contribution is 2.32. The van der Waals surface area contributed by atoms with E-state index in [1.165, 1.54) is 23.5 Å². The SMILES string of the molecule is COc1ccc(C(=O)NCc2ccncc2)cc1S(=O)(=O)N1CC(C)CC(C)C1. The average molecular weight is 418 g/mol. The van der Waals surface area contributed by atoms with E-state index in [9.17, 15) is 13.2 Å². The molecular formula is C21H27N3O4S. The lowest BCUT2D eigenvalue weighted by Crippen LogP contribution is -2.42. The van der Waals surface area contributed by atoms with Gasteiger partial charge in [-0.05, 0) is 54.2 Å². The van der Waals surface area contributed by atoms with E-state index >= 15 is 0 Å². The van der Waals surface area contributed by atoms with E-state index in [-0.39, 0.29) is 34.0 Å². The fourth-order valence-corrected chi connectivity index (χ4v) is 5.61. The second-order valence-electron chi connectivity index (χ2n) is 7.67. The third-order valence-corrected chi connectivity index (χ3v) is 6.93. The summed E-state index contributed by atoms with van der Waals surface area (Å²) in [5.74, 6) is 0.459. The van der Waals surface area contributed by atoms with Crippen molar-refractivity contribution in [3.8, 4) is 5.75 Å². The maximum atomic E-state index is 13.3. The standard InChI is InChI=1S/C21H27N3O4S/c1-15-10-16(2)14-24(13-15)29(26,27)20-11-18(4-5-19(20)28-3)21(25)23-12-17-6-8-22-9-7-17/h4-9,11,15-16H,10,12-14H2,1-3H3,(H,23,25). The topological polar surface area (TPSA) is 88.6 Å². The van der Waals surface area contributed by atoms with Crippen molar-refractivity contribution in [1.29, 1.82) is 0 Å². The molecule has 0 spiro atoms. The molecule has 0 aliphatic carbocycles. The van der Waals surface area contributed by atoms with E-state index in [0.717, 1.165) is 12.0 Å². The molecule has 0 radical (unpaired) electrons. The van der Waals surface area contributed by atoms with Gasteiger partial charge < -0.3 is 10.1 Å². The molecule has 7 nitrogen and oxygen atoms in total. The summed E-state index contributed by atoms with van der Waals surface area (Å²) in [5, 5.41) is 2.81. The molecule has 1 amide bonds. The zero-order valence-corrected chi connectivity index (χ0v) is 17.8. The average Bonchev–Trinajstić information content (AvgIpc) is 2.71. The molecule has 1 fully saturated rings. The smallest absolute Gasteiger partial charge is 0.251 e. The monoisotopic (exact) mass is 417 g/mol. The number of piperidine rings is 1. The predicted molar refractivity (Wildman–Crippen MR) is 110 cm³/mol. The molecule has 0 bridgehead atoms. The Bertz CT molecular complexity index is 953. The lowest BCUT2D eigenvalue weighted by atomic mass is 9.94. The first-order chi connectivity index (χ1) is 13.8. The first kappa shape index (κ1) is 21.3. The lowest BCUT2D eigenvalue weighted by Gasteiger charge is -2.34. The number of aromatic nitrogens is 1. The summed E-state index contributed by atoms with van der Waals surface area (Å²) in [5.41, 5.74) is 1.18. The lowest BCUT2D eigenvalue weighted by molar-refractivity contribution is 0.0950. The molecule has 2 heterocycles. The number of nitrogens with zero attached hydrogens (tertiary/aromatic N) is 2. The second-order valence-corrected chi connectivity index (χ2v) is 9.58. The number of benzene rings is 1. The van der Waals surface area contributed by atoms with Crippen LogP contribution in [-0.4, -0.2) is 43.8 Å². The van der Waals surface area contributed by atoms with Crippen LogP contribution in [0.2, 0.25) is 0 Å². The minimum absolute atomic E-state index is 0.0258. The van der Waals surface area contributed by atoms with Crippen LogP contribution in [0.4, 0.5) is 0 Å². The third kappa shape index (κ3) is 4.94. The van der Waals surface area contributed by atoms with Crippen molar-refractivity contribution in [2.24, 2.45) is 11.8 Å². The normalized spacial score (nSPS) is 20.2. The van der Waals surface area contributed by atoms with Gasteiger partial charge in [-0.3, -0.25) is 9.78 Å². The van der Waals surface area contributed by atoms with E-state index in [4.69, 9.17) is 4.74 Å². The molecule has 0 saturated carbocycles. The van der Waals surface area contributed by atoms with Crippen LogP contribution >= 0.6 is 0 Å². The van der Waals surface area contributed by atoms with Crippen LogP contribution in [0.25, 0.3) is 0 Å². The molecule has 1 aromatic heterocycles. The molecule has 29 heavy (non-hydrogen) atoms. The largest absolute Gasteiger partial charge is 0.495 e. The van der Waals surface area contributed by atoms with Crippen LogP contribution in [0.5, 0.6) is 5.75 Å². The summed E-state index contributed by atoms with van der Waals surface area (Å²) in [6, 6.07) is 8.12. The molecule has 1 N–H and O–H groups in total. The Hall–Kier alpha value is -2.45. The van der Waals surface area contributed by atoms with Crippen LogP contribution in [-0.2, 0) is 16.6 Å². The summed E-state index contributed by atoms with van der Waals surface area (Å²) in [6.45, 7) is 5.37. The van der Waals surface area contributed by atoms with Crippen molar-refractivity contribution in [2.75, 3.05) is 20.2 Å². The van der Waals surface area contributed by atoms with Gasteiger partial charge in [-0.1, -0.05) is 13.8 Å². The van der Waals surface area contributed by atoms with Gasteiger partial charge in [0.15, 0.2) is 0 Å². The predicted octanol–water partition coefficient (Wildman–Crippen LogP) is 2.69. The number of hydrogen-bond donors (Lipinski definition) is 1. The number of pyridine rings is 1. The quantitative estimate of drug-likeness (QED) is 0.781. The van der Waals surface area contributed by atoms with Crippen molar-refractivity contribution in [3.63, 3.8) is 0 Å². The van der Waals surface area contributed by atoms with Gasteiger partial charge in [-0.15, -0.1) is 0 Å². The fraction of sp³-hybridized carbons (Fsp3) is 0.429. The summed E-state index contributed by atoms with van der Waals surface area (Å²) in [7, 11) is -2.34. The zero-order valence-electron chi connectivity index (χ0n) is 17.0. The van der Waals surface area contributed by atoms with Crippen LogP contribution in [0.3, 0.4) is 0 Å². The maximum absolute atomic E-state index is 13.3. The van der Waals surface area contributed by atoms with Crippen molar-refractivity contribution >= 4 is 15.9 Å². The highest BCUT2D eigenvalue weighted by Gasteiger charge is 2.34. The Kier molecular flexibility index (Phi) is 6.54. The highest BCUT2D eigenvalue weighted by molar-refractivity contribution is 7.89. The summed E-state index contributed by atoms with van der Waals surface area (Å²) in [4.78, 5) is 16.6. The fourth-order valence-electron chi connectivity index (χ4n) is 3.75. The molecule has 1 aromatic carbocycles. The minimum atomic E-state index is -3.77. The van der Waals surface area contributed by atoms with Crippen LogP contribution in [0.15, 0.2) is 47.6 Å². The van der Waals surface area contributed by atoms with Gasteiger partial charge >= 0.3 is 0 Å². The molecule has 2 unspecified atom stereocenters. The summed E-state index contributed by atoms with van der Waals surface area (Å²) < 4.78 is 33.4. The Balaban J connectivity index is 1.85. The Morgan fingerprint density at radius 2 is 1.83 bits per heavy atom. The van der Waals surface area contributed by atoms with Crippen LogP contribution in [0, 0.1) is 11.8 Å². The highest BCUT2D eigenvalue weighted by atomic mass is 32.2. The zero-order chi connectivity index (χ0) is 21.0. The summed E-state index contributed by atoms with van der Waals surface area (Å²) in [6.07, 6.45) is 4.31. The number of hydrogen-bond acceptors (Lipinski definition) is 5. The number of carbonyl (C=O) groups excluding carboxylic acids is 1. The van der Waals surface area contributed by atoms with Crippen LogP contribution < -0.4 is 10.1 Å². The van der Waals surface area contributed by atoms with E-state index < -0.39 is 10.0 Å².